The standard InChI is InChI=1S/C21H25N3O3/c1-17-4-9-20(22-15-17)27-14-2-3-18-5-7-19(8-6-18)16-23-10-12-24(13-11-23)21(25)26/h2-9,15H,10-14,16H2,1H3,(H,25,26). The number of aromatic nitrogens is 1. The fourth-order valence-corrected chi connectivity index (χ4v) is 2.95. The van der Waals surface area contributed by atoms with Gasteiger partial charge < -0.3 is 14.7 Å². The van der Waals surface area contributed by atoms with Gasteiger partial charge in [0.2, 0.25) is 5.88 Å². The van der Waals surface area contributed by atoms with Gasteiger partial charge in [0.25, 0.3) is 0 Å². The van der Waals surface area contributed by atoms with Gasteiger partial charge in [-0.3, -0.25) is 4.90 Å². The van der Waals surface area contributed by atoms with Crippen LogP contribution in [0.15, 0.2) is 48.7 Å². The molecule has 142 valence electrons. The Morgan fingerprint density at radius 3 is 2.52 bits per heavy atom. The van der Waals surface area contributed by atoms with Gasteiger partial charge in [-0.25, -0.2) is 9.78 Å². The van der Waals surface area contributed by atoms with E-state index in [0.29, 0.717) is 25.6 Å². The second-order valence-corrected chi connectivity index (χ2v) is 6.67. The molecule has 0 radical (unpaired) electrons. The molecule has 2 aromatic rings. The van der Waals surface area contributed by atoms with Crippen molar-refractivity contribution in [3.8, 4) is 5.88 Å². The van der Waals surface area contributed by atoms with Crippen molar-refractivity contribution >= 4 is 12.2 Å². The van der Waals surface area contributed by atoms with Crippen LogP contribution in [0.4, 0.5) is 4.79 Å². The Morgan fingerprint density at radius 1 is 1.15 bits per heavy atom. The summed E-state index contributed by atoms with van der Waals surface area (Å²) in [6, 6.07) is 12.3. The Bertz CT molecular complexity index is 764. The maximum absolute atomic E-state index is 10.9. The van der Waals surface area contributed by atoms with Crippen LogP contribution in [-0.2, 0) is 6.54 Å². The molecule has 27 heavy (non-hydrogen) atoms. The third-order valence-electron chi connectivity index (χ3n) is 4.55. The largest absolute Gasteiger partial charge is 0.473 e. The number of rotatable bonds is 6. The summed E-state index contributed by atoms with van der Waals surface area (Å²) in [5.41, 5.74) is 3.47. The van der Waals surface area contributed by atoms with Gasteiger partial charge in [-0.05, 0) is 29.7 Å². The van der Waals surface area contributed by atoms with Crippen LogP contribution in [0.5, 0.6) is 5.88 Å². The fourth-order valence-electron chi connectivity index (χ4n) is 2.95. The minimum Gasteiger partial charge on any atom is -0.473 e. The van der Waals surface area contributed by atoms with Gasteiger partial charge in [0.05, 0.1) is 0 Å². The number of ether oxygens (including phenoxy) is 1. The predicted octanol–water partition coefficient (Wildman–Crippen LogP) is 3.28. The maximum atomic E-state index is 10.9. The molecule has 0 unspecified atom stereocenters. The minimum atomic E-state index is -0.826. The van der Waals surface area contributed by atoms with Crippen molar-refractivity contribution in [3.63, 3.8) is 0 Å². The van der Waals surface area contributed by atoms with Gasteiger partial charge >= 0.3 is 6.09 Å². The summed E-state index contributed by atoms with van der Waals surface area (Å²) < 4.78 is 5.58. The normalized spacial score (nSPS) is 15.2. The van der Waals surface area contributed by atoms with Crippen molar-refractivity contribution < 1.29 is 14.6 Å². The minimum absolute atomic E-state index is 0.478. The number of amides is 1. The molecule has 1 aromatic carbocycles. The molecule has 1 aromatic heterocycles. The van der Waals surface area contributed by atoms with E-state index in [4.69, 9.17) is 9.84 Å². The topological polar surface area (TPSA) is 65.9 Å². The van der Waals surface area contributed by atoms with Crippen molar-refractivity contribution in [1.29, 1.82) is 0 Å². The molecule has 0 spiro atoms. The number of nitrogens with zero attached hydrogens (tertiary/aromatic N) is 3. The van der Waals surface area contributed by atoms with E-state index in [1.54, 1.807) is 6.20 Å². The molecule has 1 aliphatic rings. The summed E-state index contributed by atoms with van der Waals surface area (Å²) in [5.74, 6) is 0.628. The van der Waals surface area contributed by atoms with E-state index in [-0.39, 0.29) is 0 Å². The molecular weight excluding hydrogens is 342 g/mol. The number of carbonyl (C=O) groups is 1. The number of carboxylic acid groups (broad SMARTS) is 1. The Kier molecular flexibility index (Phi) is 6.44. The van der Waals surface area contributed by atoms with Crippen LogP contribution in [-0.4, -0.2) is 58.8 Å². The van der Waals surface area contributed by atoms with E-state index in [2.05, 4.69) is 34.1 Å². The van der Waals surface area contributed by atoms with E-state index in [0.717, 1.165) is 30.8 Å². The van der Waals surface area contributed by atoms with E-state index < -0.39 is 6.09 Å². The highest BCUT2D eigenvalue weighted by molar-refractivity contribution is 5.65. The van der Waals surface area contributed by atoms with Crippen LogP contribution in [0, 0.1) is 6.92 Å². The number of hydrogen-bond donors (Lipinski definition) is 1. The molecule has 2 heterocycles. The third kappa shape index (κ3) is 5.82. The van der Waals surface area contributed by atoms with Gasteiger partial charge in [0.15, 0.2) is 0 Å². The van der Waals surface area contributed by atoms with E-state index >= 15 is 0 Å². The number of hydrogen-bond acceptors (Lipinski definition) is 4. The van der Waals surface area contributed by atoms with Crippen molar-refractivity contribution in [1.82, 2.24) is 14.8 Å². The first-order chi connectivity index (χ1) is 13.1. The van der Waals surface area contributed by atoms with Crippen molar-refractivity contribution in [2.24, 2.45) is 0 Å². The Morgan fingerprint density at radius 2 is 1.89 bits per heavy atom. The highest BCUT2D eigenvalue weighted by Gasteiger charge is 2.20. The number of pyridine rings is 1. The fraction of sp³-hybridized carbons (Fsp3) is 0.333. The van der Waals surface area contributed by atoms with E-state index in [9.17, 15) is 4.79 Å². The summed E-state index contributed by atoms with van der Waals surface area (Å²) in [5, 5.41) is 9.00. The molecular formula is C21H25N3O3. The summed E-state index contributed by atoms with van der Waals surface area (Å²) >= 11 is 0. The molecule has 0 bridgehead atoms. The lowest BCUT2D eigenvalue weighted by molar-refractivity contribution is 0.103. The summed E-state index contributed by atoms with van der Waals surface area (Å²) in [6.07, 6.45) is 4.97. The molecule has 0 saturated carbocycles. The second-order valence-electron chi connectivity index (χ2n) is 6.67. The second kappa shape index (κ2) is 9.19. The third-order valence-corrected chi connectivity index (χ3v) is 4.55. The van der Waals surface area contributed by atoms with Crippen LogP contribution >= 0.6 is 0 Å². The maximum Gasteiger partial charge on any atom is 0.407 e. The molecule has 1 fully saturated rings. The molecule has 0 aliphatic carbocycles. The van der Waals surface area contributed by atoms with Gasteiger partial charge in [0.1, 0.15) is 6.61 Å². The molecule has 1 aliphatic heterocycles. The lowest BCUT2D eigenvalue weighted by atomic mass is 10.1. The lowest BCUT2D eigenvalue weighted by Crippen LogP contribution is -2.47. The van der Waals surface area contributed by atoms with Crippen molar-refractivity contribution in [2.45, 2.75) is 13.5 Å². The van der Waals surface area contributed by atoms with Gasteiger partial charge in [-0.2, -0.15) is 0 Å². The smallest absolute Gasteiger partial charge is 0.407 e. The van der Waals surface area contributed by atoms with Crippen molar-refractivity contribution in [3.05, 3.63) is 65.4 Å². The summed E-state index contributed by atoms with van der Waals surface area (Å²) in [6.45, 7) is 6.02. The van der Waals surface area contributed by atoms with E-state index in [1.165, 1.54) is 10.5 Å². The number of aryl methyl sites for hydroxylation is 1. The average molecular weight is 367 g/mol. The Labute approximate surface area is 159 Å². The van der Waals surface area contributed by atoms with Crippen molar-refractivity contribution in [2.75, 3.05) is 32.8 Å². The zero-order chi connectivity index (χ0) is 19.1. The Hall–Kier alpha value is -2.86. The predicted molar refractivity (Wildman–Crippen MR) is 105 cm³/mol. The van der Waals surface area contributed by atoms with Gasteiger partial charge in [-0.1, -0.05) is 36.4 Å². The van der Waals surface area contributed by atoms with Gasteiger partial charge in [-0.15, -0.1) is 0 Å². The summed E-state index contributed by atoms with van der Waals surface area (Å²) in [7, 11) is 0. The van der Waals surface area contributed by atoms with Crippen LogP contribution in [0.3, 0.4) is 0 Å². The molecule has 1 amide bonds. The molecule has 3 rings (SSSR count). The van der Waals surface area contributed by atoms with Crippen LogP contribution in [0.1, 0.15) is 16.7 Å². The summed E-state index contributed by atoms with van der Waals surface area (Å²) in [4.78, 5) is 18.9. The monoisotopic (exact) mass is 367 g/mol. The van der Waals surface area contributed by atoms with Crippen LogP contribution in [0.2, 0.25) is 0 Å². The highest BCUT2D eigenvalue weighted by Crippen LogP contribution is 2.12. The first-order valence-electron chi connectivity index (χ1n) is 9.11. The Balaban J connectivity index is 1.43. The SMILES string of the molecule is Cc1ccc(OCC=Cc2ccc(CN3CCN(C(=O)O)CC3)cc2)nc1. The first kappa shape index (κ1) is 18.9. The molecule has 0 atom stereocenters. The highest BCUT2D eigenvalue weighted by atomic mass is 16.5. The lowest BCUT2D eigenvalue weighted by Gasteiger charge is -2.33. The average Bonchev–Trinajstić information content (AvgIpc) is 2.68. The molecule has 1 saturated heterocycles. The van der Waals surface area contributed by atoms with Gasteiger partial charge in [0, 0.05) is 45.0 Å². The number of piperazine rings is 1. The van der Waals surface area contributed by atoms with E-state index in [1.807, 2.05) is 31.2 Å². The zero-order valence-corrected chi connectivity index (χ0v) is 15.5. The zero-order valence-electron chi connectivity index (χ0n) is 15.5. The molecule has 6 heteroatoms. The first-order valence-corrected chi connectivity index (χ1v) is 9.11. The molecule has 6 nitrogen and oxygen atoms in total. The van der Waals surface area contributed by atoms with Crippen LogP contribution < -0.4 is 4.74 Å². The molecule has 1 N–H and O–H groups in total. The van der Waals surface area contributed by atoms with Crippen LogP contribution in [0.25, 0.3) is 6.08 Å². The number of benzene rings is 1. The quantitative estimate of drug-likeness (QED) is 0.849.